The molecular formula is C16H16FNO2. The second kappa shape index (κ2) is 5.74. The predicted octanol–water partition coefficient (Wildman–Crippen LogP) is 3.47. The molecular weight excluding hydrogens is 257 g/mol. The van der Waals surface area contributed by atoms with Gasteiger partial charge >= 0.3 is 5.97 Å². The van der Waals surface area contributed by atoms with Gasteiger partial charge in [0.15, 0.2) is 0 Å². The molecule has 0 aliphatic carbocycles. The molecule has 0 aromatic heterocycles. The molecule has 4 heteroatoms. The first-order chi connectivity index (χ1) is 9.47. The number of nitrogens with zero attached hydrogens (tertiary/aromatic N) is 1. The maximum atomic E-state index is 13.2. The lowest BCUT2D eigenvalue weighted by Crippen LogP contribution is -2.17. The zero-order valence-corrected chi connectivity index (χ0v) is 11.4. The van der Waals surface area contributed by atoms with Crippen molar-refractivity contribution >= 4 is 11.7 Å². The third kappa shape index (κ3) is 3.15. The van der Waals surface area contributed by atoms with Crippen LogP contribution in [0.2, 0.25) is 0 Å². The van der Waals surface area contributed by atoms with Crippen LogP contribution in [0.5, 0.6) is 0 Å². The summed E-state index contributed by atoms with van der Waals surface area (Å²) in [7, 11) is 1.90. The molecule has 0 atom stereocenters. The molecule has 3 nitrogen and oxygen atoms in total. The molecule has 0 radical (unpaired) electrons. The summed E-state index contributed by atoms with van der Waals surface area (Å²) in [5, 5.41) is 8.95. The SMILES string of the molecule is Cc1cc(C(=O)O)ccc1N(C)Cc1cccc(F)c1. The molecule has 0 unspecified atom stereocenters. The van der Waals surface area contributed by atoms with Crippen molar-refractivity contribution in [3.05, 3.63) is 65.0 Å². The van der Waals surface area contributed by atoms with Crippen molar-refractivity contribution in [3.63, 3.8) is 0 Å². The Morgan fingerprint density at radius 3 is 2.60 bits per heavy atom. The average Bonchev–Trinajstić information content (AvgIpc) is 2.38. The molecule has 2 aromatic carbocycles. The Kier molecular flexibility index (Phi) is 4.03. The lowest BCUT2D eigenvalue weighted by Gasteiger charge is -2.22. The summed E-state index contributed by atoms with van der Waals surface area (Å²) in [5.74, 6) is -1.19. The highest BCUT2D eigenvalue weighted by Crippen LogP contribution is 2.22. The van der Waals surface area contributed by atoms with Crippen LogP contribution in [0.15, 0.2) is 42.5 Å². The normalized spacial score (nSPS) is 10.3. The third-order valence-corrected chi connectivity index (χ3v) is 3.16. The van der Waals surface area contributed by atoms with E-state index < -0.39 is 5.97 Å². The van der Waals surface area contributed by atoms with Crippen molar-refractivity contribution < 1.29 is 14.3 Å². The highest BCUT2D eigenvalue weighted by Gasteiger charge is 2.09. The molecule has 104 valence electrons. The Bertz CT molecular complexity index is 640. The van der Waals surface area contributed by atoms with Gasteiger partial charge < -0.3 is 10.0 Å². The van der Waals surface area contributed by atoms with Crippen LogP contribution in [0.3, 0.4) is 0 Å². The van der Waals surface area contributed by atoms with E-state index in [9.17, 15) is 9.18 Å². The molecule has 0 aliphatic rings. The average molecular weight is 273 g/mol. The van der Waals surface area contributed by atoms with Crippen LogP contribution < -0.4 is 4.90 Å². The number of carbonyl (C=O) groups is 1. The largest absolute Gasteiger partial charge is 0.478 e. The summed E-state index contributed by atoms with van der Waals surface area (Å²) in [6.07, 6.45) is 0. The third-order valence-electron chi connectivity index (χ3n) is 3.16. The highest BCUT2D eigenvalue weighted by molar-refractivity contribution is 5.88. The van der Waals surface area contributed by atoms with E-state index in [1.54, 1.807) is 24.3 Å². The molecule has 0 saturated carbocycles. The van der Waals surface area contributed by atoms with Gasteiger partial charge in [0.05, 0.1) is 5.56 Å². The van der Waals surface area contributed by atoms with Crippen molar-refractivity contribution in [3.8, 4) is 0 Å². The van der Waals surface area contributed by atoms with Crippen LogP contribution in [-0.4, -0.2) is 18.1 Å². The molecule has 0 aliphatic heterocycles. The fraction of sp³-hybridized carbons (Fsp3) is 0.188. The Morgan fingerprint density at radius 2 is 2.00 bits per heavy atom. The van der Waals surface area contributed by atoms with Gasteiger partial charge in [-0.25, -0.2) is 9.18 Å². The maximum Gasteiger partial charge on any atom is 0.335 e. The molecule has 2 rings (SSSR count). The van der Waals surface area contributed by atoms with E-state index in [2.05, 4.69) is 0 Å². The lowest BCUT2D eigenvalue weighted by molar-refractivity contribution is 0.0697. The van der Waals surface area contributed by atoms with Gasteiger partial charge in [0.25, 0.3) is 0 Å². The van der Waals surface area contributed by atoms with E-state index in [1.165, 1.54) is 12.1 Å². The van der Waals surface area contributed by atoms with E-state index >= 15 is 0 Å². The Hall–Kier alpha value is -2.36. The fourth-order valence-corrected chi connectivity index (χ4v) is 2.21. The molecule has 20 heavy (non-hydrogen) atoms. The monoisotopic (exact) mass is 273 g/mol. The first-order valence-corrected chi connectivity index (χ1v) is 6.27. The Balaban J connectivity index is 2.21. The van der Waals surface area contributed by atoms with Crippen LogP contribution in [0, 0.1) is 12.7 Å². The Labute approximate surface area is 117 Å². The van der Waals surface area contributed by atoms with Crippen molar-refractivity contribution in [2.45, 2.75) is 13.5 Å². The molecule has 0 spiro atoms. The van der Waals surface area contributed by atoms with Gasteiger partial charge in [0.2, 0.25) is 0 Å². The number of aryl methyl sites for hydroxylation is 1. The van der Waals surface area contributed by atoms with Crippen LogP contribution in [0.25, 0.3) is 0 Å². The van der Waals surface area contributed by atoms with E-state index in [-0.39, 0.29) is 11.4 Å². The van der Waals surface area contributed by atoms with Gasteiger partial charge in [0.1, 0.15) is 5.82 Å². The Morgan fingerprint density at radius 1 is 1.25 bits per heavy atom. The van der Waals surface area contributed by atoms with Gasteiger partial charge in [-0.2, -0.15) is 0 Å². The fourth-order valence-electron chi connectivity index (χ4n) is 2.21. The molecule has 0 bridgehead atoms. The summed E-state index contributed by atoms with van der Waals surface area (Å²) in [5.41, 5.74) is 2.95. The van der Waals surface area contributed by atoms with E-state index in [1.807, 2.05) is 24.9 Å². The predicted molar refractivity (Wildman–Crippen MR) is 76.6 cm³/mol. The standard InChI is InChI=1S/C16H16FNO2/c1-11-8-13(16(19)20)6-7-15(11)18(2)10-12-4-3-5-14(17)9-12/h3-9H,10H2,1-2H3,(H,19,20). The second-order valence-electron chi connectivity index (χ2n) is 4.79. The summed E-state index contributed by atoms with van der Waals surface area (Å²) >= 11 is 0. The maximum absolute atomic E-state index is 13.2. The molecule has 0 fully saturated rings. The van der Waals surface area contributed by atoms with E-state index in [4.69, 9.17) is 5.11 Å². The molecule has 2 aromatic rings. The minimum atomic E-state index is -0.938. The van der Waals surface area contributed by atoms with Crippen molar-refractivity contribution in [1.29, 1.82) is 0 Å². The van der Waals surface area contributed by atoms with Crippen LogP contribution in [0.4, 0.5) is 10.1 Å². The first kappa shape index (κ1) is 14.1. The van der Waals surface area contributed by atoms with Crippen LogP contribution in [-0.2, 0) is 6.54 Å². The smallest absolute Gasteiger partial charge is 0.335 e. The quantitative estimate of drug-likeness (QED) is 0.927. The topological polar surface area (TPSA) is 40.5 Å². The van der Waals surface area contributed by atoms with Crippen LogP contribution in [0.1, 0.15) is 21.5 Å². The number of anilines is 1. The number of hydrogen-bond acceptors (Lipinski definition) is 2. The van der Waals surface area contributed by atoms with E-state index in [0.717, 1.165) is 16.8 Å². The minimum Gasteiger partial charge on any atom is -0.478 e. The van der Waals surface area contributed by atoms with Crippen molar-refractivity contribution in [2.75, 3.05) is 11.9 Å². The number of halogens is 1. The van der Waals surface area contributed by atoms with Gasteiger partial charge in [-0.3, -0.25) is 0 Å². The van der Waals surface area contributed by atoms with Gasteiger partial charge in [-0.05, 0) is 48.4 Å². The number of rotatable bonds is 4. The summed E-state index contributed by atoms with van der Waals surface area (Å²) in [4.78, 5) is 12.9. The minimum absolute atomic E-state index is 0.256. The summed E-state index contributed by atoms with van der Waals surface area (Å²) < 4.78 is 13.2. The van der Waals surface area contributed by atoms with Gasteiger partial charge in [-0.1, -0.05) is 12.1 Å². The number of benzene rings is 2. The highest BCUT2D eigenvalue weighted by atomic mass is 19.1. The van der Waals surface area contributed by atoms with Crippen molar-refractivity contribution in [1.82, 2.24) is 0 Å². The molecule has 0 amide bonds. The van der Waals surface area contributed by atoms with Gasteiger partial charge in [0, 0.05) is 19.3 Å². The zero-order valence-electron chi connectivity index (χ0n) is 11.4. The van der Waals surface area contributed by atoms with Crippen LogP contribution >= 0.6 is 0 Å². The summed E-state index contributed by atoms with van der Waals surface area (Å²) in [6, 6.07) is 11.4. The zero-order chi connectivity index (χ0) is 14.7. The van der Waals surface area contributed by atoms with Crippen molar-refractivity contribution in [2.24, 2.45) is 0 Å². The molecule has 0 heterocycles. The lowest BCUT2D eigenvalue weighted by atomic mass is 10.1. The number of aromatic carboxylic acids is 1. The first-order valence-electron chi connectivity index (χ1n) is 6.27. The second-order valence-corrected chi connectivity index (χ2v) is 4.79. The van der Waals surface area contributed by atoms with E-state index in [0.29, 0.717) is 6.54 Å². The number of carboxylic acids is 1. The van der Waals surface area contributed by atoms with Gasteiger partial charge in [-0.15, -0.1) is 0 Å². The number of hydrogen-bond donors (Lipinski definition) is 1. The molecule has 1 N–H and O–H groups in total. The number of carboxylic acid groups (broad SMARTS) is 1. The summed E-state index contributed by atoms with van der Waals surface area (Å²) in [6.45, 7) is 2.43. The molecule has 0 saturated heterocycles.